The third-order valence-corrected chi connectivity index (χ3v) is 7.96. The Morgan fingerprint density at radius 3 is 2.57 bits per heavy atom. The number of allylic oxidation sites excluding steroid dienone is 1. The van der Waals surface area contributed by atoms with Crippen LogP contribution in [0.3, 0.4) is 0 Å². The number of carbonyl (C=O) groups is 2. The first-order chi connectivity index (χ1) is 10.9. The lowest BCUT2D eigenvalue weighted by Gasteiger charge is -2.56. The number of hydrogen-bond acceptors (Lipinski definition) is 3. The van der Waals surface area contributed by atoms with E-state index in [2.05, 4.69) is 13.8 Å². The molecule has 3 fully saturated rings. The van der Waals surface area contributed by atoms with Gasteiger partial charge in [0.2, 0.25) is 0 Å². The standard InChI is InChI=1S/C20H28O3/c1-19-8-6-13(21)10-12(19)4-5-14-15(19)7-9-20(2)16(14)11-17(23-3)18(20)22/h10,14-17H,4-9,11H2,1-3H3/t14-,15+,16+,17-,19+,20+/m1/s1. The van der Waals surface area contributed by atoms with Gasteiger partial charge in [-0.2, -0.15) is 0 Å². The minimum Gasteiger partial charge on any atom is -0.374 e. The minimum atomic E-state index is -0.193. The maximum atomic E-state index is 12.8. The van der Waals surface area contributed by atoms with E-state index in [0.29, 0.717) is 35.7 Å². The van der Waals surface area contributed by atoms with Gasteiger partial charge in [-0.05, 0) is 67.8 Å². The Bertz CT molecular complexity index is 592. The van der Waals surface area contributed by atoms with Gasteiger partial charge < -0.3 is 4.74 Å². The number of fused-ring (bicyclic) bond motifs is 5. The lowest BCUT2D eigenvalue weighted by molar-refractivity contribution is -0.138. The summed E-state index contributed by atoms with van der Waals surface area (Å²) < 4.78 is 5.50. The number of carbonyl (C=O) groups excluding carboxylic acids is 2. The fourth-order valence-corrected chi connectivity index (χ4v) is 6.53. The van der Waals surface area contributed by atoms with Crippen LogP contribution < -0.4 is 0 Å². The van der Waals surface area contributed by atoms with Gasteiger partial charge >= 0.3 is 0 Å². The van der Waals surface area contributed by atoms with E-state index in [1.807, 2.05) is 6.08 Å². The quantitative estimate of drug-likeness (QED) is 0.740. The summed E-state index contributed by atoms with van der Waals surface area (Å²) in [6.45, 7) is 4.57. The fourth-order valence-electron chi connectivity index (χ4n) is 6.53. The predicted molar refractivity (Wildman–Crippen MR) is 87.9 cm³/mol. The molecular formula is C20H28O3. The zero-order valence-corrected chi connectivity index (χ0v) is 14.6. The Labute approximate surface area is 138 Å². The molecule has 4 aliphatic carbocycles. The molecule has 0 radical (unpaired) electrons. The monoisotopic (exact) mass is 316 g/mol. The van der Waals surface area contributed by atoms with Crippen LogP contribution in [0.2, 0.25) is 0 Å². The molecule has 23 heavy (non-hydrogen) atoms. The Morgan fingerprint density at radius 2 is 1.83 bits per heavy atom. The Morgan fingerprint density at radius 1 is 1.04 bits per heavy atom. The van der Waals surface area contributed by atoms with Crippen molar-refractivity contribution in [2.24, 2.45) is 28.6 Å². The summed E-state index contributed by atoms with van der Waals surface area (Å²) in [6.07, 6.45) is 8.67. The van der Waals surface area contributed by atoms with Crippen molar-refractivity contribution in [3.8, 4) is 0 Å². The van der Waals surface area contributed by atoms with E-state index < -0.39 is 0 Å². The molecule has 0 heterocycles. The fraction of sp³-hybridized carbons (Fsp3) is 0.800. The van der Waals surface area contributed by atoms with E-state index in [9.17, 15) is 9.59 Å². The van der Waals surface area contributed by atoms with Crippen LogP contribution in [-0.2, 0) is 14.3 Å². The molecule has 0 unspecified atom stereocenters. The molecule has 4 rings (SSSR count). The number of hydrogen-bond donors (Lipinski definition) is 0. The van der Waals surface area contributed by atoms with E-state index in [-0.39, 0.29) is 16.9 Å². The van der Waals surface area contributed by atoms with E-state index in [1.165, 1.54) is 5.57 Å². The smallest absolute Gasteiger partial charge is 0.167 e. The second-order valence-corrected chi connectivity index (χ2v) is 8.75. The Hall–Kier alpha value is -0.960. The molecule has 4 aliphatic rings. The molecule has 0 aromatic rings. The van der Waals surface area contributed by atoms with Crippen molar-refractivity contribution in [1.82, 2.24) is 0 Å². The van der Waals surface area contributed by atoms with Crippen LogP contribution in [0, 0.1) is 28.6 Å². The van der Waals surface area contributed by atoms with Gasteiger partial charge in [0.1, 0.15) is 6.10 Å². The highest BCUT2D eigenvalue weighted by molar-refractivity contribution is 5.92. The SMILES string of the molecule is CO[C@@H]1C[C@H]2[C@@H]3CCC4=CC(=O)CC[C@]4(C)[C@H]3CC[C@]2(C)C1=O. The average Bonchev–Trinajstić information content (AvgIpc) is 2.79. The van der Waals surface area contributed by atoms with Crippen LogP contribution in [0.4, 0.5) is 0 Å². The normalized spacial score (nSPS) is 49.3. The predicted octanol–water partition coefficient (Wildman–Crippen LogP) is 3.71. The highest BCUT2D eigenvalue weighted by Gasteiger charge is 2.61. The van der Waals surface area contributed by atoms with E-state index in [1.54, 1.807) is 7.11 Å². The van der Waals surface area contributed by atoms with Crippen molar-refractivity contribution in [1.29, 1.82) is 0 Å². The van der Waals surface area contributed by atoms with Gasteiger partial charge in [0.25, 0.3) is 0 Å². The zero-order chi connectivity index (χ0) is 16.4. The summed E-state index contributed by atoms with van der Waals surface area (Å²) in [5.41, 5.74) is 1.40. The van der Waals surface area contributed by atoms with Gasteiger partial charge in [0, 0.05) is 18.9 Å². The lowest BCUT2D eigenvalue weighted by atomic mass is 9.47. The van der Waals surface area contributed by atoms with Crippen LogP contribution >= 0.6 is 0 Å². The number of ketones is 2. The molecule has 0 aromatic carbocycles. The van der Waals surface area contributed by atoms with E-state index >= 15 is 0 Å². The minimum absolute atomic E-state index is 0.177. The Kier molecular flexibility index (Phi) is 3.39. The molecule has 3 saturated carbocycles. The first-order valence-electron chi connectivity index (χ1n) is 9.21. The molecule has 0 aliphatic heterocycles. The lowest BCUT2D eigenvalue weighted by Crippen LogP contribution is -2.50. The van der Waals surface area contributed by atoms with Gasteiger partial charge in [-0.1, -0.05) is 19.4 Å². The summed E-state index contributed by atoms with van der Waals surface area (Å²) in [4.78, 5) is 24.6. The molecule has 3 nitrogen and oxygen atoms in total. The molecule has 0 bridgehead atoms. The van der Waals surface area contributed by atoms with Gasteiger partial charge in [-0.3, -0.25) is 9.59 Å². The summed E-state index contributed by atoms with van der Waals surface area (Å²) in [5, 5.41) is 0. The molecule has 0 saturated heterocycles. The number of ether oxygens (including phenoxy) is 1. The van der Waals surface area contributed by atoms with Crippen LogP contribution in [0.5, 0.6) is 0 Å². The molecule has 0 amide bonds. The van der Waals surface area contributed by atoms with Crippen LogP contribution in [-0.4, -0.2) is 24.8 Å². The van der Waals surface area contributed by atoms with Crippen molar-refractivity contribution >= 4 is 11.6 Å². The van der Waals surface area contributed by atoms with E-state index in [4.69, 9.17) is 4.74 Å². The van der Waals surface area contributed by atoms with Gasteiger partial charge in [0.15, 0.2) is 11.6 Å². The van der Waals surface area contributed by atoms with Crippen molar-refractivity contribution < 1.29 is 14.3 Å². The molecular weight excluding hydrogens is 288 g/mol. The highest BCUT2D eigenvalue weighted by Crippen LogP contribution is 2.64. The van der Waals surface area contributed by atoms with Crippen molar-refractivity contribution in [3.05, 3.63) is 11.6 Å². The largest absolute Gasteiger partial charge is 0.374 e. The molecule has 0 N–H and O–H groups in total. The molecule has 126 valence electrons. The zero-order valence-electron chi connectivity index (χ0n) is 14.6. The maximum Gasteiger partial charge on any atom is 0.167 e. The summed E-state index contributed by atoms with van der Waals surface area (Å²) >= 11 is 0. The molecule has 6 atom stereocenters. The summed E-state index contributed by atoms with van der Waals surface area (Å²) in [6, 6.07) is 0. The number of Topliss-reactive ketones (excluding diaryl/α,β-unsaturated/α-hetero) is 1. The summed E-state index contributed by atoms with van der Waals surface area (Å²) in [7, 11) is 1.68. The van der Waals surface area contributed by atoms with E-state index in [0.717, 1.165) is 38.5 Å². The number of methoxy groups -OCH3 is 1. The third kappa shape index (κ3) is 1.98. The van der Waals surface area contributed by atoms with Gasteiger partial charge in [0.05, 0.1) is 0 Å². The Balaban J connectivity index is 1.69. The first-order valence-corrected chi connectivity index (χ1v) is 9.21. The summed E-state index contributed by atoms with van der Waals surface area (Å²) in [5.74, 6) is 2.38. The van der Waals surface area contributed by atoms with Gasteiger partial charge in [-0.15, -0.1) is 0 Å². The highest BCUT2D eigenvalue weighted by atomic mass is 16.5. The van der Waals surface area contributed by atoms with Crippen molar-refractivity contribution in [3.63, 3.8) is 0 Å². The molecule has 0 spiro atoms. The first kappa shape index (κ1) is 15.6. The average molecular weight is 316 g/mol. The molecule has 0 aromatic heterocycles. The number of rotatable bonds is 1. The topological polar surface area (TPSA) is 43.4 Å². The second kappa shape index (κ2) is 5.02. The third-order valence-electron chi connectivity index (χ3n) is 7.96. The molecule has 3 heteroatoms. The van der Waals surface area contributed by atoms with Gasteiger partial charge in [-0.25, -0.2) is 0 Å². The van der Waals surface area contributed by atoms with Crippen molar-refractivity contribution in [2.75, 3.05) is 7.11 Å². The van der Waals surface area contributed by atoms with Crippen LogP contribution in [0.1, 0.15) is 58.8 Å². The second-order valence-electron chi connectivity index (χ2n) is 8.75. The maximum absolute atomic E-state index is 12.8. The van der Waals surface area contributed by atoms with Crippen LogP contribution in [0.25, 0.3) is 0 Å². The van der Waals surface area contributed by atoms with Crippen LogP contribution in [0.15, 0.2) is 11.6 Å². The van der Waals surface area contributed by atoms with Crippen molar-refractivity contribution in [2.45, 2.75) is 64.9 Å².